The second-order valence-corrected chi connectivity index (χ2v) is 11.7. The summed E-state index contributed by atoms with van der Waals surface area (Å²) in [5.74, 6) is -4.06. The summed E-state index contributed by atoms with van der Waals surface area (Å²) in [4.78, 5) is 51.1. The van der Waals surface area contributed by atoms with Crippen molar-refractivity contribution in [1.29, 1.82) is 0 Å². The number of Topliss-reactive ketones (excluding diaryl/α,β-unsaturated/α-hetero) is 1. The maximum Gasteiger partial charge on any atom is 0.336 e. The van der Waals surface area contributed by atoms with E-state index < -0.39 is 35.3 Å². The molecular weight excluding hydrogens is 592 g/mol. The molecule has 0 saturated heterocycles. The smallest absolute Gasteiger partial charge is 0.336 e. The number of nitrogens with one attached hydrogen (secondary N) is 2. The van der Waals surface area contributed by atoms with Gasteiger partial charge in [0, 0.05) is 53.1 Å². The van der Waals surface area contributed by atoms with Gasteiger partial charge >= 0.3 is 5.97 Å². The molecule has 260 valence electrons. The van der Waals surface area contributed by atoms with Crippen LogP contribution < -0.4 is 10.6 Å². The Labute approximate surface area is 274 Å². The number of aromatic hydroxyl groups is 1. The fourth-order valence-electron chi connectivity index (χ4n) is 5.08. The summed E-state index contributed by atoms with van der Waals surface area (Å²) in [6, 6.07) is 5.06. The molecule has 0 fully saturated rings. The minimum atomic E-state index is -2.48. The van der Waals surface area contributed by atoms with Crippen LogP contribution >= 0.6 is 0 Å². The first-order valence-corrected chi connectivity index (χ1v) is 16.6. The van der Waals surface area contributed by atoms with E-state index in [4.69, 9.17) is 9.47 Å². The van der Waals surface area contributed by atoms with Crippen LogP contribution in [0.3, 0.4) is 0 Å². The van der Waals surface area contributed by atoms with Crippen molar-refractivity contribution in [3.8, 4) is 5.75 Å². The maximum absolute atomic E-state index is 13.6. The number of hydrogen-bond donors (Lipinski definition) is 5. The van der Waals surface area contributed by atoms with E-state index in [-0.39, 0.29) is 38.3 Å². The number of aliphatic carboxylic acids is 1. The molecular formula is C35H56N2O9. The third-order valence-electron chi connectivity index (χ3n) is 7.93. The van der Waals surface area contributed by atoms with Crippen molar-refractivity contribution in [2.45, 2.75) is 108 Å². The monoisotopic (exact) mass is 648 g/mol. The van der Waals surface area contributed by atoms with Crippen molar-refractivity contribution in [2.75, 3.05) is 34.0 Å². The Hall–Kier alpha value is -3.28. The predicted molar refractivity (Wildman–Crippen MR) is 176 cm³/mol. The Morgan fingerprint density at radius 2 is 1.48 bits per heavy atom. The zero-order chi connectivity index (χ0) is 34.2. The van der Waals surface area contributed by atoms with Crippen LogP contribution in [0.15, 0.2) is 36.4 Å². The zero-order valence-corrected chi connectivity index (χ0v) is 27.9. The normalized spacial score (nSPS) is 14.0. The number of phenolic OH excluding ortho intramolecular Hbond substituents is 1. The van der Waals surface area contributed by atoms with Crippen molar-refractivity contribution in [2.24, 2.45) is 5.92 Å². The van der Waals surface area contributed by atoms with Gasteiger partial charge in [-0.1, -0.05) is 69.7 Å². The number of carboxylic acid groups (broad SMARTS) is 1. The number of amides is 2. The average molecular weight is 649 g/mol. The first-order chi connectivity index (χ1) is 22.1. The summed E-state index contributed by atoms with van der Waals surface area (Å²) in [5.41, 5.74) is -1.83. The number of carbonyl (C=O) groups excluding carboxylic acids is 3. The van der Waals surface area contributed by atoms with Gasteiger partial charge < -0.3 is 35.4 Å². The van der Waals surface area contributed by atoms with E-state index in [0.717, 1.165) is 38.5 Å². The molecule has 11 nitrogen and oxygen atoms in total. The van der Waals surface area contributed by atoms with Crippen LogP contribution in [0.4, 0.5) is 0 Å². The Bertz CT molecular complexity index is 1060. The number of phenols is 1. The summed E-state index contributed by atoms with van der Waals surface area (Å²) in [5, 5.41) is 36.2. The van der Waals surface area contributed by atoms with Crippen molar-refractivity contribution in [3.05, 3.63) is 42.0 Å². The number of methoxy groups -OCH3 is 2. The van der Waals surface area contributed by atoms with Gasteiger partial charge in [-0.05, 0) is 43.4 Å². The second kappa shape index (κ2) is 24.0. The van der Waals surface area contributed by atoms with Crippen LogP contribution in [0, 0.1) is 5.92 Å². The highest BCUT2D eigenvalue weighted by Gasteiger charge is 2.47. The van der Waals surface area contributed by atoms with Crippen molar-refractivity contribution < 1.29 is 44.0 Å². The molecule has 46 heavy (non-hydrogen) atoms. The van der Waals surface area contributed by atoms with Crippen LogP contribution in [0.25, 0.3) is 0 Å². The summed E-state index contributed by atoms with van der Waals surface area (Å²) < 4.78 is 10.0. The minimum Gasteiger partial charge on any atom is -0.508 e. The molecule has 0 spiro atoms. The number of rotatable bonds is 27. The highest BCUT2D eigenvalue weighted by Crippen LogP contribution is 2.26. The first kappa shape index (κ1) is 40.7. The molecule has 0 saturated carbocycles. The van der Waals surface area contributed by atoms with Gasteiger partial charge in [-0.25, -0.2) is 4.79 Å². The largest absolute Gasteiger partial charge is 0.508 e. The Balaban J connectivity index is 2.90. The van der Waals surface area contributed by atoms with Gasteiger partial charge in [0.25, 0.3) is 0 Å². The third-order valence-corrected chi connectivity index (χ3v) is 7.93. The molecule has 0 aromatic heterocycles. The van der Waals surface area contributed by atoms with Crippen molar-refractivity contribution in [3.63, 3.8) is 0 Å². The van der Waals surface area contributed by atoms with Gasteiger partial charge in [-0.15, -0.1) is 0 Å². The molecule has 0 heterocycles. The second-order valence-electron chi connectivity index (χ2n) is 11.7. The zero-order valence-electron chi connectivity index (χ0n) is 27.9. The molecule has 5 N–H and O–H groups in total. The number of allylic oxidation sites excluding steroid dienone is 1. The van der Waals surface area contributed by atoms with Crippen LogP contribution in [0.5, 0.6) is 5.75 Å². The molecule has 2 amide bonds. The van der Waals surface area contributed by atoms with Crippen molar-refractivity contribution in [1.82, 2.24) is 10.6 Å². The van der Waals surface area contributed by atoms with Gasteiger partial charge in [0.2, 0.25) is 11.8 Å². The molecule has 1 aromatic carbocycles. The number of unbranched alkanes of at least 4 members (excludes halogenated alkanes) is 8. The van der Waals surface area contributed by atoms with E-state index in [9.17, 15) is 34.5 Å². The third kappa shape index (κ3) is 16.3. The number of ketones is 1. The summed E-state index contributed by atoms with van der Waals surface area (Å²) in [6.45, 7) is 2.51. The highest BCUT2D eigenvalue weighted by molar-refractivity contribution is 5.93. The average Bonchev–Trinajstić information content (AvgIpc) is 3.03. The van der Waals surface area contributed by atoms with Crippen molar-refractivity contribution >= 4 is 23.6 Å². The standard InChI is InChI=1S/C35H56N2O9/c1-4-5-6-9-12-15-28(38)16-13-10-7-8-11-14-17-30(35(44,34(42)43)22-24-45-2)32(40)37-31(33(41)36-23-25-46-3)26-27-18-20-29(39)21-19-27/h14,17-21,30-31,39,44H,4-13,15-16,22-26H2,1-3H3,(H,36,41)(H,37,40)(H,42,43)/b17-14+/t30-,31+,35+/m1/s1. The molecule has 0 aliphatic carbocycles. The number of aliphatic hydroxyl groups is 1. The van der Waals surface area contributed by atoms with Gasteiger partial charge in [0.15, 0.2) is 5.60 Å². The molecule has 0 aliphatic heterocycles. The Morgan fingerprint density at radius 3 is 2.07 bits per heavy atom. The first-order valence-electron chi connectivity index (χ1n) is 16.6. The summed E-state index contributed by atoms with van der Waals surface area (Å²) in [6.07, 6.45) is 13.6. The van der Waals surface area contributed by atoms with Gasteiger partial charge in [-0.3, -0.25) is 14.4 Å². The Morgan fingerprint density at radius 1 is 0.870 bits per heavy atom. The van der Waals surface area contributed by atoms with Crippen LogP contribution in [-0.4, -0.2) is 84.5 Å². The topological polar surface area (TPSA) is 171 Å². The van der Waals surface area contributed by atoms with Crippen LogP contribution in [0.1, 0.15) is 96.0 Å². The fraction of sp³-hybridized carbons (Fsp3) is 0.657. The maximum atomic E-state index is 13.6. The quantitative estimate of drug-likeness (QED) is 0.0682. The Kier molecular flexibility index (Phi) is 21.2. The van der Waals surface area contributed by atoms with Crippen LogP contribution in [-0.2, 0) is 35.1 Å². The van der Waals surface area contributed by atoms with E-state index in [1.54, 1.807) is 18.2 Å². The molecule has 0 radical (unpaired) electrons. The fourth-order valence-corrected chi connectivity index (χ4v) is 5.08. The van der Waals surface area contributed by atoms with Gasteiger partial charge in [0.05, 0.1) is 12.5 Å². The van der Waals surface area contributed by atoms with E-state index in [1.165, 1.54) is 51.7 Å². The lowest BCUT2D eigenvalue weighted by Crippen LogP contribution is -2.56. The van der Waals surface area contributed by atoms with E-state index >= 15 is 0 Å². The molecule has 0 bridgehead atoms. The predicted octanol–water partition coefficient (Wildman–Crippen LogP) is 4.48. The molecule has 11 heteroatoms. The molecule has 0 aliphatic rings. The van der Waals surface area contributed by atoms with Crippen LogP contribution in [0.2, 0.25) is 0 Å². The lowest BCUT2D eigenvalue weighted by molar-refractivity contribution is -0.168. The molecule has 1 rings (SSSR count). The summed E-state index contributed by atoms with van der Waals surface area (Å²) >= 11 is 0. The lowest BCUT2D eigenvalue weighted by atomic mass is 9.83. The SMILES string of the molecule is CCCCCCCC(=O)CCCCCC/C=C/[C@H](C(=O)N[C@@H](Cc1ccc(O)cc1)C(=O)NCCOC)[C@@](O)(CCOC)C(=O)O. The minimum absolute atomic E-state index is 0.0467. The molecule has 3 atom stereocenters. The van der Waals surface area contributed by atoms with Gasteiger partial charge in [0.1, 0.15) is 17.6 Å². The summed E-state index contributed by atoms with van der Waals surface area (Å²) in [7, 11) is 2.86. The number of carboxylic acids is 1. The van der Waals surface area contributed by atoms with E-state index in [1.807, 2.05) is 0 Å². The van der Waals surface area contributed by atoms with E-state index in [0.29, 0.717) is 30.6 Å². The number of hydrogen-bond acceptors (Lipinski definition) is 8. The van der Waals surface area contributed by atoms with Gasteiger partial charge in [-0.2, -0.15) is 0 Å². The van der Waals surface area contributed by atoms with E-state index in [2.05, 4.69) is 17.6 Å². The number of ether oxygens (including phenoxy) is 2. The lowest BCUT2D eigenvalue weighted by Gasteiger charge is -2.31. The number of benzene rings is 1. The molecule has 0 unspecified atom stereocenters. The number of carbonyl (C=O) groups is 4. The highest BCUT2D eigenvalue weighted by atomic mass is 16.5. The molecule has 1 aromatic rings.